The summed E-state index contributed by atoms with van der Waals surface area (Å²) in [6.07, 6.45) is -2.21. The molecule has 0 saturated heterocycles. The molecule has 0 fully saturated rings. The quantitative estimate of drug-likeness (QED) is 0.534. The van der Waals surface area contributed by atoms with Gasteiger partial charge in [0.2, 0.25) is 5.65 Å². The van der Waals surface area contributed by atoms with Crippen molar-refractivity contribution in [1.29, 1.82) is 0 Å². The van der Waals surface area contributed by atoms with Crippen LogP contribution in [-0.2, 0) is 12.7 Å². The van der Waals surface area contributed by atoms with Crippen LogP contribution < -0.4 is 5.73 Å². The largest absolute Gasteiger partial charge is 0.417 e. The summed E-state index contributed by atoms with van der Waals surface area (Å²) in [6.45, 7) is 3.71. The number of carbonyl (C=O) groups excluding carboxylic acids is 1. The molecule has 8 nitrogen and oxygen atoms in total. The van der Waals surface area contributed by atoms with Gasteiger partial charge in [-0.25, -0.2) is 4.98 Å². The second-order valence-electron chi connectivity index (χ2n) is 7.29. The molecule has 3 aromatic heterocycles. The van der Waals surface area contributed by atoms with Crippen molar-refractivity contribution in [3.8, 4) is 0 Å². The molecule has 0 bridgehead atoms. The molecule has 11 heteroatoms. The molecule has 0 spiro atoms. The summed E-state index contributed by atoms with van der Waals surface area (Å²) in [5.74, 6) is -0.0714. The molecular formula is C20H18F3N7O. The van der Waals surface area contributed by atoms with E-state index in [-0.39, 0.29) is 24.3 Å². The van der Waals surface area contributed by atoms with Gasteiger partial charge in [-0.05, 0) is 44.2 Å². The number of amides is 1. The van der Waals surface area contributed by atoms with Gasteiger partial charge in [0.15, 0.2) is 5.82 Å². The van der Waals surface area contributed by atoms with Gasteiger partial charge in [0.05, 0.1) is 28.8 Å². The number of carbonyl (C=O) groups is 1. The Bertz CT molecular complexity index is 1270. The molecule has 0 aliphatic rings. The number of aromatic nitrogens is 5. The van der Waals surface area contributed by atoms with Gasteiger partial charge < -0.3 is 10.6 Å². The summed E-state index contributed by atoms with van der Waals surface area (Å²) in [5, 5.41) is 7.77. The van der Waals surface area contributed by atoms with E-state index in [9.17, 15) is 18.0 Å². The lowest BCUT2D eigenvalue weighted by Gasteiger charge is -2.27. The van der Waals surface area contributed by atoms with Crippen LogP contribution in [0.15, 0.2) is 42.9 Å². The van der Waals surface area contributed by atoms with Crippen LogP contribution >= 0.6 is 0 Å². The number of alkyl halides is 3. The van der Waals surface area contributed by atoms with Crippen LogP contribution in [0.1, 0.15) is 35.5 Å². The van der Waals surface area contributed by atoms with E-state index in [1.165, 1.54) is 17.3 Å². The van der Waals surface area contributed by atoms with Crippen molar-refractivity contribution in [3.63, 3.8) is 0 Å². The third-order valence-corrected chi connectivity index (χ3v) is 4.87. The average Bonchev–Trinajstić information content (AvgIpc) is 3.22. The lowest BCUT2D eigenvalue weighted by molar-refractivity contribution is -0.137. The fourth-order valence-corrected chi connectivity index (χ4v) is 3.22. The van der Waals surface area contributed by atoms with Gasteiger partial charge in [-0.3, -0.25) is 14.2 Å². The predicted octanol–water partition coefficient (Wildman–Crippen LogP) is 3.32. The molecule has 4 aromatic rings. The lowest BCUT2D eigenvalue weighted by atomic mass is 10.1. The number of nitrogens with two attached hydrogens (primary N) is 1. The van der Waals surface area contributed by atoms with Gasteiger partial charge in [-0.15, -0.1) is 10.2 Å². The fourth-order valence-electron chi connectivity index (χ4n) is 3.22. The summed E-state index contributed by atoms with van der Waals surface area (Å²) < 4.78 is 40.0. The Morgan fingerprint density at radius 2 is 2.00 bits per heavy atom. The van der Waals surface area contributed by atoms with E-state index in [0.29, 0.717) is 27.9 Å². The van der Waals surface area contributed by atoms with Crippen LogP contribution in [0, 0.1) is 0 Å². The molecule has 0 aliphatic carbocycles. The minimum atomic E-state index is -4.46. The number of nitrogen functional groups attached to an aromatic ring is 1. The maximum Gasteiger partial charge on any atom is 0.417 e. The number of anilines is 1. The van der Waals surface area contributed by atoms with Crippen molar-refractivity contribution in [3.05, 3.63) is 59.7 Å². The zero-order chi connectivity index (χ0) is 22.3. The molecule has 1 aromatic carbocycles. The molecule has 2 N–H and O–H groups in total. The Balaban J connectivity index is 1.67. The number of benzene rings is 1. The zero-order valence-electron chi connectivity index (χ0n) is 16.6. The number of nitrogens with zero attached hydrogens (tertiary/aromatic N) is 6. The Morgan fingerprint density at radius 3 is 2.65 bits per heavy atom. The minimum absolute atomic E-state index is 0.0642. The third kappa shape index (κ3) is 3.86. The summed E-state index contributed by atoms with van der Waals surface area (Å²) >= 11 is 0. The van der Waals surface area contributed by atoms with Gasteiger partial charge in [0.1, 0.15) is 6.33 Å². The van der Waals surface area contributed by atoms with Gasteiger partial charge >= 0.3 is 6.18 Å². The van der Waals surface area contributed by atoms with E-state index in [1.807, 2.05) is 13.8 Å². The van der Waals surface area contributed by atoms with Crippen LogP contribution in [0.4, 0.5) is 19.0 Å². The van der Waals surface area contributed by atoms with Crippen molar-refractivity contribution < 1.29 is 18.0 Å². The van der Waals surface area contributed by atoms with Crippen molar-refractivity contribution in [1.82, 2.24) is 29.5 Å². The molecule has 0 atom stereocenters. The first-order valence-corrected chi connectivity index (χ1v) is 9.37. The van der Waals surface area contributed by atoms with Crippen molar-refractivity contribution in [2.24, 2.45) is 0 Å². The summed E-state index contributed by atoms with van der Waals surface area (Å²) in [7, 11) is 0. The maximum atomic E-state index is 13.2. The van der Waals surface area contributed by atoms with Gasteiger partial charge in [-0.2, -0.15) is 13.2 Å². The van der Waals surface area contributed by atoms with Gasteiger partial charge in [-0.1, -0.05) is 0 Å². The summed E-state index contributed by atoms with van der Waals surface area (Å²) in [4.78, 5) is 22.9. The smallest absolute Gasteiger partial charge is 0.381 e. The number of fused-ring (bicyclic) bond motifs is 3. The number of rotatable bonds is 4. The molecule has 4 rings (SSSR count). The standard InChI is InChI=1S/C20H18F3N7O/c1-11(2)29(9-14-5-4-13(8-25-14)20(21,22)23)19(31)12-3-6-15-16(7-12)30-10-26-28-18(30)17(24)27-15/h3-8,10-11H,9H2,1-2H3,(H2,24,27). The molecule has 0 aliphatic heterocycles. The van der Waals surface area contributed by atoms with E-state index in [1.54, 1.807) is 22.6 Å². The molecule has 160 valence electrons. The second-order valence-corrected chi connectivity index (χ2v) is 7.29. The highest BCUT2D eigenvalue weighted by Crippen LogP contribution is 2.28. The molecule has 0 radical (unpaired) electrons. The highest BCUT2D eigenvalue weighted by molar-refractivity contribution is 5.98. The Hall–Kier alpha value is -3.76. The molecule has 0 unspecified atom stereocenters. The molecule has 3 heterocycles. The van der Waals surface area contributed by atoms with E-state index < -0.39 is 11.7 Å². The summed E-state index contributed by atoms with van der Waals surface area (Å²) in [5.41, 5.74) is 7.35. The zero-order valence-corrected chi connectivity index (χ0v) is 16.6. The van der Waals surface area contributed by atoms with Crippen molar-refractivity contribution in [2.45, 2.75) is 32.6 Å². The van der Waals surface area contributed by atoms with Crippen LogP contribution in [0.2, 0.25) is 0 Å². The normalized spacial score (nSPS) is 12.1. The first-order valence-electron chi connectivity index (χ1n) is 9.37. The van der Waals surface area contributed by atoms with Crippen LogP contribution in [0.3, 0.4) is 0 Å². The van der Waals surface area contributed by atoms with Crippen molar-refractivity contribution >= 4 is 28.4 Å². The molecule has 31 heavy (non-hydrogen) atoms. The van der Waals surface area contributed by atoms with Gasteiger partial charge in [0.25, 0.3) is 5.91 Å². The van der Waals surface area contributed by atoms with Crippen LogP contribution in [0.5, 0.6) is 0 Å². The topological polar surface area (TPSA) is 102 Å². The monoisotopic (exact) mass is 429 g/mol. The van der Waals surface area contributed by atoms with Gasteiger partial charge in [0, 0.05) is 17.8 Å². The first kappa shape index (κ1) is 20.5. The van der Waals surface area contributed by atoms with E-state index >= 15 is 0 Å². The number of halogens is 3. The third-order valence-electron chi connectivity index (χ3n) is 4.87. The fraction of sp³-hybridized carbons (Fsp3) is 0.250. The van der Waals surface area contributed by atoms with Crippen LogP contribution in [0.25, 0.3) is 16.7 Å². The molecular weight excluding hydrogens is 411 g/mol. The van der Waals surface area contributed by atoms with Crippen molar-refractivity contribution in [2.75, 3.05) is 5.73 Å². The Kier molecular flexibility index (Phi) is 4.96. The number of pyridine rings is 1. The van der Waals surface area contributed by atoms with E-state index in [2.05, 4.69) is 20.2 Å². The lowest BCUT2D eigenvalue weighted by Crippen LogP contribution is -2.36. The average molecular weight is 429 g/mol. The van der Waals surface area contributed by atoms with E-state index in [0.717, 1.165) is 12.3 Å². The molecule has 1 amide bonds. The van der Waals surface area contributed by atoms with Crippen LogP contribution in [-0.4, -0.2) is 41.4 Å². The summed E-state index contributed by atoms with van der Waals surface area (Å²) in [6, 6.07) is 6.98. The Labute approximate surface area is 174 Å². The minimum Gasteiger partial charge on any atom is -0.381 e. The Morgan fingerprint density at radius 1 is 1.23 bits per heavy atom. The highest BCUT2D eigenvalue weighted by Gasteiger charge is 2.31. The number of hydrogen-bond donors (Lipinski definition) is 1. The highest BCUT2D eigenvalue weighted by atomic mass is 19.4. The predicted molar refractivity (Wildman–Crippen MR) is 107 cm³/mol. The molecule has 0 saturated carbocycles. The first-order chi connectivity index (χ1) is 14.6. The van der Waals surface area contributed by atoms with E-state index in [4.69, 9.17) is 5.73 Å². The maximum absolute atomic E-state index is 13.2. The second kappa shape index (κ2) is 7.49. The number of hydrogen-bond acceptors (Lipinski definition) is 6. The SMILES string of the molecule is CC(C)N(Cc1ccc(C(F)(F)F)cn1)C(=O)c1ccc2nc(N)c3nncn3c2c1.